The van der Waals surface area contributed by atoms with E-state index in [2.05, 4.69) is 10.2 Å². The molecule has 2 N–H and O–H groups in total. The third-order valence-electron chi connectivity index (χ3n) is 5.57. The minimum absolute atomic E-state index is 0.103. The smallest absolute Gasteiger partial charge is 0.262 e. The first-order chi connectivity index (χ1) is 13.0. The van der Waals surface area contributed by atoms with Gasteiger partial charge in [0.2, 0.25) is 11.8 Å². The molecule has 2 saturated heterocycles. The fraction of sp³-hybridized carbons (Fsp3) is 0.474. The number of piperidine rings is 2. The van der Waals surface area contributed by atoms with Crippen molar-refractivity contribution in [1.29, 1.82) is 0 Å². The number of anilines is 1. The van der Waals surface area contributed by atoms with Crippen LogP contribution in [0.3, 0.4) is 0 Å². The molecule has 0 saturated carbocycles. The third-order valence-corrected chi connectivity index (χ3v) is 5.57. The van der Waals surface area contributed by atoms with Crippen LogP contribution in [-0.4, -0.2) is 59.4 Å². The summed E-state index contributed by atoms with van der Waals surface area (Å²) in [6, 6.07) is 4.17. The van der Waals surface area contributed by atoms with Crippen LogP contribution in [0.4, 0.5) is 5.69 Å². The Morgan fingerprint density at radius 2 is 1.85 bits per heavy atom. The summed E-state index contributed by atoms with van der Waals surface area (Å²) in [7, 11) is 0. The van der Waals surface area contributed by atoms with Gasteiger partial charge >= 0.3 is 0 Å². The van der Waals surface area contributed by atoms with Crippen LogP contribution in [0.25, 0.3) is 0 Å². The number of rotatable bonds is 3. The van der Waals surface area contributed by atoms with Crippen LogP contribution in [0, 0.1) is 5.92 Å². The van der Waals surface area contributed by atoms with Crippen LogP contribution >= 0.6 is 0 Å². The van der Waals surface area contributed by atoms with Gasteiger partial charge in [-0.25, -0.2) is 0 Å². The molecule has 8 nitrogen and oxygen atoms in total. The topological polar surface area (TPSA) is 107 Å². The van der Waals surface area contributed by atoms with Crippen LogP contribution in [0.15, 0.2) is 18.2 Å². The second kappa shape index (κ2) is 6.77. The van der Waals surface area contributed by atoms with E-state index in [-0.39, 0.29) is 36.5 Å². The van der Waals surface area contributed by atoms with E-state index in [1.54, 1.807) is 18.2 Å². The minimum Gasteiger partial charge on any atom is -0.396 e. The van der Waals surface area contributed by atoms with E-state index in [0.29, 0.717) is 6.54 Å². The summed E-state index contributed by atoms with van der Waals surface area (Å²) < 4.78 is 0. The van der Waals surface area contributed by atoms with Crippen molar-refractivity contribution in [3.63, 3.8) is 0 Å². The van der Waals surface area contributed by atoms with E-state index in [4.69, 9.17) is 0 Å². The van der Waals surface area contributed by atoms with Gasteiger partial charge in [-0.15, -0.1) is 0 Å². The number of aliphatic hydroxyl groups is 1. The average molecular weight is 371 g/mol. The van der Waals surface area contributed by atoms with Gasteiger partial charge in [0, 0.05) is 31.8 Å². The highest BCUT2D eigenvalue weighted by atomic mass is 16.3. The van der Waals surface area contributed by atoms with Crippen molar-refractivity contribution < 1.29 is 24.3 Å². The lowest BCUT2D eigenvalue weighted by Crippen LogP contribution is -2.54. The number of carbonyl (C=O) groups is 4. The molecule has 3 aliphatic rings. The SMILES string of the molecule is O=C1CCC(N2C(=O)c3ccc(N4CCC[C@@H](CO)C4)cc3C2=O)C(=O)N1. The molecule has 1 aromatic rings. The molecule has 3 heterocycles. The van der Waals surface area contributed by atoms with E-state index in [9.17, 15) is 24.3 Å². The Morgan fingerprint density at radius 3 is 2.59 bits per heavy atom. The van der Waals surface area contributed by atoms with Crippen LogP contribution in [0.2, 0.25) is 0 Å². The zero-order chi connectivity index (χ0) is 19.1. The quantitative estimate of drug-likeness (QED) is 0.740. The van der Waals surface area contributed by atoms with Crippen LogP contribution in [0.1, 0.15) is 46.4 Å². The maximum Gasteiger partial charge on any atom is 0.262 e. The number of hydrogen-bond acceptors (Lipinski definition) is 6. The molecular weight excluding hydrogens is 350 g/mol. The number of nitrogens with zero attached hydrogens (tertiary/aromatic N) is 2. The number of benzene rings is 1. The van der Waals surface area contributed by atoms with Crippen molar-refractivity contribution in [2.24, 2.45) is 5.92 Å². The molecule has 0 bridgehead atoms. The number of fused-ring (bicyclic) bond motifs is 1. The van der Waals surface area contributed by atoms with Crippen molar-refractivity contribution >= 4 is 29.3 Å². The van der Waals surface area contributed by atoms with Crippen molar-refractivity contribution in [3.8, 4) is 0 Å². The molecular formula is C19H21N3O5. The normalized spacial score (nSPS) is 25.7. The maximum absolute atomic E-state index is 12.9. The second-order valence-electron chi connectivity index (χ2n) is 7.31. The molecule has 2 atom stereocenters. The number of aliphatic hydroxyl groups excluding tert-OH is 1. The van der Waals surface area contributed by atoms with E-state index < -0.39 is 29.7 Å². The highest BCUT2D eigenvalue weighted by Crippen LogP contribution is 2.32. The van der Waals surface area contributed by atoms with Crippen molar-refractivity contribution in [3.05, 3.63) is 29.3 Å². The van der Waals surface area contributed by atoms with Crippen molar-refractivity contribution in [2.75, 3.05) is 24.6 Å². The Hall–Kier alpha value is -2.74. The molecule has 3 aliphatic heterocycles. The first-order valence-corrected chi connectivity index (χ1v) is 9.21. The van der Waals surface area contributed by atoms with Gasteiger partial charge < -0.3 is 10.0 Å². The van der Waals surface area contributed by atoms with Gasteiger partial charge in [-0.2, -0.15) is 0 Å². The predicted octanol–water partition coefficient (Wildman–Crippen LogP) is 0.296. The summed E-state index contributed by atoms with van der Waals surface area (Å²) in [6.07, 6.45) is 2.18. The van der Waals surface area contributed by atoms with E-state index in [1.807, 2.05) is 0 Å². The standard InChI is InChI=1S/C19H21N3O5/c23-10-11-2-1-7-21(9-11)12-3-4-13-14(8-12)19(27)22(18(13)26)15-5-6-16(24)20-17(15)25/h3-4,8,11,15,23H,1-2,5-7,9-10H2,(H,20,24,25)/t11-,15?/m1/s1. The number of imide groups is 2. The zero-order valence-electron chi connectivity index (χ0n) is 14.8. The van der Waals surface area contributed by atoms with Crippen LogP contribution in [0.5, 0.6) is 0 Å². The highest BCUT2D eigenvalue weighted by molar-refractivity contribution is 6.23. The summed E-state index contributed by atoms with van der Waals surface area (Å²) in [5, 5.41) is 11.6. The second-order valence-corrected chi connectivity index (χ2v) is 7.31. The van der Waals surface area contributed by atoms with Crippen LogP contribution in [-0.2, 0) is 9.59 Å². The monoisotopic (exact) mass is 371 g/mol. The molecule has 8 heteroatoms. The number of nitrogens with one attached hydrogen (secondary N) is 1. The van der Waals surface area contributed by atoms with Gasteiger partial charge in [-0.1, -0.05) is 0 Å². The summed E-state index contributed by atoms with van der Waals surface area (Å²) in [6.45, 7) is 1.66. The van der Waals surface area contributed by atoms with Gasteiger partial charge in [-0.3, -0.25) is 29.4 Å². The lowest BCUT2D eigenvalue weighted by Gasteiger charge is -2.33. The van der Waals surface area contributed by atoms with Crippen molar-refractivity contribution in [2.45, 2.75) is 31.7 Å². The van der Waals surface area contributed by atoms with E-state index >= 15 is 0 Å². The van der Waals surface area contributed by atoms with Gasteiger partial charge in [0.25, 0.3) is 11.8 Å². The Kier molecular flexibility index (Phi) is 4.43. The molecule has 142 valence electrons. The fourth-order valence-electron chi connectivity index (χ4n) is 4.10. The number of amides is 4. The zero-order valence-corrected chi connectivity index (χ0v) is 14.8. The molecule has 27 heavy (non-hydrogen) atoms. The Balaban J connectivity index is 1.60. The van der Waals surface area contributed by atoms with Crippen molar-refractivity contribution in [1.82, 2.24) is 10.2 Å². The summed E-state index contributed by atoms with van der Waals surface area (Å²) in [5.41, 5.74) is 1.40. The molecule has 0 radical (unpaired) electrons. The molecule has 0 aliphatic carbocycles. The van der Waals surface area contributed by atoms with Gasteiger partial charge in [-0.05, 0) is 43.4 Å². The van der Waals surface area contributed by atoms with Gasteiger partial charge in [0.05, 0.1) is 11.1 Å². The predicted molar refractivity (Wildman–Crippen MR) is 95.1 cm³/mol. The van der Waals surface area contributed by atoms with E-state index in [0.717, 1.165) is 30.0 Å². The van der Waals surface area contributed by atoms with E-state index in [1.165, 1.54) is 0 Å². The molecule has 2 fully saturated rings. The first-order valence-electron chi connectivity index (χ1n) is 9.21. The average Bonchev–Trinajstić information content (AvgIpc) is 2.92. The molecule has 0 spiro atoms. The van der Waals surface area contributed by atoms with Gasteiger partial charge in [0.1, 0.15) is 6.04 Å². The maximum atomic E-state index is 12.9. The molecule has 0 aromatic heterocycles. The largest absolute Gasteiger partial charge is 0.396 e. The lowest BCUT2D eigenvalue weighted by atomic mass is 9.98. The number of carbonyl (C=O) groups excluding carboxylic acids is 4. The minimum atomic E-state index is -0.952. The fourth-order valence-corrected chi connectivity index (χ4v) is 4.10. The summed E-state index contributed by atoms with van der Waals surface area (Å²) in [5.74, 6) is -1.80. The molecule has 4 amide bonds. The Bertz CT molecular complexity index is 837. The first kappa shape index (κ1) is 17.7. The molecule has 1 aromatic carbocycles. The summed E-state index contributed by atoms with van der Waals surface area (Å²) >= 11 is 0. The lowest BCUT2D eigenvalue weighted by molar-refractivity contribution is -0.136. The Labute approximate surface area is 156 Å². The third kappa shape index (κ3) is 2.99. The van der Waals surface area contributed by atoms with Crippen LogP contribution < -0.4 is 10.2 Å². The molecule has 1 unspecified atom stereocenters. The number of hydrogen-bond donors (Lipinski definition) is 2. The van der Waals surface area contributed by atoms with Gasteiger partial charge in [0.15, 0.2) is 0 Å². The Morgan fingerprint density at radius 1 is 1.07 bits per heavy atom. The summed E-state index contributed by atoms with van der Waals surface area (Å²) in [4.78, 5) is 52.1. The highest BCUT2D eigenvalue weighted by Gasteiger charge is 2.44. The molecule has 4 rings (SSSR count).